The van der Waals surface area contributed by atoms with Gasteiger partial charge in [-0.05, 0) is 31.2 Å². The number of carbonyl (C=O) groups excluding carboxylic acids is 1. The van der Waals surface area contributed by atoms with Crippen molar-refractivity contribution < 1.29 is 9.53 Å². The standard InChI is InChI=1S/C17H19ClN4O3/c1-2-22-17(24)15(21-7-9-25-10-8-21)14(11-19-22)20-16(23)12-3-5-13(18)6-4-12/h3-6,11H,2,7-10H2,1H3,(H,20,23). The average Bonchev–Trinajstić information content (AvgIpc) is 2.63. The summed E-state index contributed by atoms with van der Waals surface area (Å²) in [6, 6.07) is 6.55. The van der Waals surface area contributed by atoms with Crippen LogP contribution in [0.2, 0.25) is 5.02 Å². The summed E-state index contributed by atoms with van der Waals surface area (Å²) in [5.41, 5.74) is 1.08. The molecule has 0 radical (unpaired) electrons. The lowest BCUT2D eigenvalue weighted by atomic mass is 10.2. The van der Waals surface area contributed by atoms with E-state index >= 15 is 0 Å². The summed E-state index contributed by atoms with van der Waals surface area (Å²) < 4.78 is 6.73. The predicted octanol–water partition coefficient (Wildman–Crippen LogP) is 2.01. The van der Waals surface area contributed by atoms with E-state index in [1.165, 1.54) is 10.9 Å². The highest BCUT2D eigenvalue weighted by Crippen LogP contribution is 2.22. The molecule has 0 unspecified atom stereocenters. The van der Waals surface area contributed by atoms with Crippen molar-refractivity contribution in [1.82, 2.24) is 9.78 Å². The molecule has 7 nitrogen and oxygen atoms in total. The first-order valence-electron chi connectivity index (χ1n) is 8.10. The molecule has 1 N–H and O–H groups in total. The second-order valence-electron chi connectivity index (χ2n) is 5.59. The molecule has 0 atom stereocenters. The van der Waals surface area contributed by atoms with Crippen LogP contribution in [-0.2, 0) is 11.3 Å². The molecule has 1 aliphatic heterocycles. The van der Waals surface area contributed by atoms with Crippen molar-refractivity contribution in [3.05, 3.63) is 51.4 Å². The molecular formula is C17H19ClN4O3. The van der Waals surface area contributed by atoms with E-state index in [0.29, 0.717) is 54.8 Å². The molecule has 0 spiro atoms. The first kappa shape index (κ1) is 17.4. The molecule has 2 heterocycles. The van der Waals surface area contributed by atoms with Gasteiger partial charge in [0.15, 0.2) is 0 Å². The smallest absolute Gasteiger partial charge is 0.292 e. The second-order valence-corrected chi connectivity index (χ2v) is 6.02. The number of halogens is 1. The van der Waals surface area contributed by atoms with Crippen LogP contribution in [0.3, 0.4) is 0 Å². The monoisotopic (exact) mass is 362 g/mol. The zero-order valence-corrected chi connectivity index (χ0v) is 14.6. The van der Waals surface area contributed by atoms with Crippen LogP contribution in [0.1, 0.15) is 17.3 Å². The quantitative estimate of drug-likeness (QED) is 0.900. The van der Waals surface area contributed by atoms with Crippen LogP contribution in [0, 0.1) is 0 Å². The summed E-state index contributed by atoms with van der Waals surface area (Å²) in [5, 5.41) is 7.47. The fraction of sp³-hybridized carbons (Fsp3) is 0.353. The number of aryl methyl sites for hydroxylation is 1. The largest absolute Gasteiger partial charge is 0.378 e. The molecule has 1 aromatic heterocycles. The molecule has 0 bridgehead atoms. The van der Waals surface area contributed by atoms with Crippen LogP contribution in [0.15, 0.2) is 35.3 Å². The van der Waals surface area contributed by atoms with Gasteiger partial charge in [0.25, 0.3) is 11.5 Å². The molecule has 1 fully saturated rings. The van der Waals surface area contributed by atoms with E-state index in [0.717, 1.165) is 0 Å². The number of morpholine rings is 1. The highest BCUT2D eigenvalue weighted by molar-refractivity contribution is 6.30. The van der Waals surface area contributed by atoms with E-state index in [9.17, 15) is 9.59 Å². The van der Waals surface area contributed by atoms with Crippen molar-refractivity contribution in [3.63, 3.8) is 0 Å². The van der Waals surface area contributed by atoms with Gasteiger partial charge in [0.05, 0.1) is 25.1 Å². The van der Waals surface area contributed by atoms with Gasteiger partial charge in [0.1, 0.15) is 5.69 Å². The summed E-state index contributed by atoms with van der Waals surface area (Å²) in [7, 11) is 0. The Bertz CT molecular complexity index is 814. The Labute approximate surface area is 150 Å². The molecule has 3 rings (SSSR count). The van der Waals surface area contributed by atoms with Crippen LogP contribution in [0.5, 0.6) is 0 Å². The summed E-state index contributed by atoms with van der Waals surface area (Å²) in [6.45, 7) is 4.57. The van der Waals surface area contributed by atoms with Crippen LogP contribution in [0.4, 0.5) is 11.4 Å². The minimum absolute atomic E-state index is 0.224. The van der Waals surface area contributed by atoms with Crippen LogP contribution >= 0.6 is 11.6 Å². The molecule has 2 aromatic rings. The number of anilines is 2. The lowest BCUT2D eigenvalue weighted by Crippen LogP contribution is -2.41. The van der Waals surface area contributed by atoms with Crippen LogP contribution in [0.25, 0.3) is 0 Å². The lowest BCUT2D eigenvalue weighted by Gasteiger charge is -2.29. The van der Waals surface area contributed by atoms with Gasteiger partial charge in [-0.3, -0.25) is 9.59 Å². The number of amides is 1. The Morgan fingerprint density at radius 3 is 2.60 bits per heavy atom. The van der Waals surface area contributed by atoms with E-state index in [1.807, 2.05) is 11.8 Å². The minimum Gasteiger partial charge on any atom is -0.378 e. The third-order valence-electron chi connectivity index (χ3n) is 4.00. The fourth-order valence-corrected chi connectivity index (χ4v) is 2.81. The average molecular weight is 363 g/mol. The minimum atomic E-state index is -0.318. The fourth-order valence-electron chi connectivity index (χ4n) is 2.68. The van der Waals surface area contributed by atoms with Gasteiger partial charge in [-0.25, -0.2) is 4.68 Å². The van der Waals surface area contributed by atoms with E-state index in [1.54, 1.807) is 24.3 Å². The van der Waals surface area contributed by atoms with E-state index in [-0.39, 0.29) is 11.5 Å². The number of hydrogen-bond donors (Lipinski definition) is 1. The van der Waals surface area contributed by atoms with E-state index < -0.39 is 0 Å². The molecular weight excluding hydrogens is 344 g/mol. The van der Waals surface area contributed by atoms with Gasteiger partial charge < -0.3 is 15.0 Å². The Kier molecular flexibility index (Phi) is 5.35. The maximum absolute atomic E-state index is 12.7. The van der Waals surface area contributed by atoms with E-state index in [2.05, 4.69) is 10.4 Å². The first-order valence-corrected chi connectivity index (χ1v) is 8.47. The number of benzene rings is 1. The Balaban J connectivity index is 1.94. The number of hydrogen-bond acceptors (Lipinski definition) is 5. The number of nitrogens with one attached hydrogen (secondary N) is 1. The van der Waals surface area contributed by atoms with Gasteiger partial charge in [-0.2, -0.15) is 5.10 Å². The first-order chi connectivity index (χ1) is 12.1. The molecule has 8 heteroatoms. The molecule has 1 aliphatic rings. The van der Waals surface area contributed by atoms with Gasteiger partial charge in [0.2, 0.25) is 0 Å². The third kappa shape index (κ3) is 3.83. The van der Waals surface area contributed by atoms with Crippen molar-refractivity contribution in [3.8, 4) is 0 Å². The van der Waals surface area contributed by atoms with Crippen molar-refractivity contribution >= 4 is 28.9 Å². The van der Waals surface area contributed by atoms with Crippen molar-refractivity contribution in [2.75, 3.05) is 36.5 Å². The topological polar surface area (TPSA) is 76.5 Å². The maximum Gasteiger partial charge on any atom is 0.292 e. The van der Waals surface area contributed by atoms with Crippen LogP contribution in [-0.4, -0.2) is 42.0 Å². The number of rotatable bonds is 4. The normalized spacial score (nSPS) is 14.4. The predicted molar refractivity (Wildman–Crippen MR) is 96.6 cm³/mol. The summed E-state index contributed by atoms with van der Waals surface area (Å²) in [6.07, 6.45) is 1.52. The van der Waals surface area contributed by atoms with Crippen molar-refractivity contribution in [2.45, 2.75) is 13.5 Å². The molecule has 132 valence electrons. The summed E-state index contributed by atoms with van der Waals surface area (Å²) >= 11 is 5.85. The highest BCUT2D eigenvalue weighted by Gasteiger charge is 2.21. The molecule has 0 aliphatic carbocycles. The maximum atomic E-state index is 12.7. The van der Waals surface area contributed by atoms with Gasteiger partial charge in [-0.1, -0.05) is 11.6 Å². The van der Waals surface area contributed by atoms with Gasteiger partial charge in [0, 0.05) is 30.2 Å². The lowest BCUT2D eigenvalue weighted by molar-refractivity contribution is 0.102. The molecule has 1 aromatic carbocycles. The zero-order chi connectivity index (χ0) is 17.8. The third-order valence-corrected chi connectivity index (χ3v) is 4.25. The van der Waals surface area contributed by atoms with Crippen molar-refractivity contribution in [1.29, 1.82) is 0 Å². The van der Waals surface area contributed by atoms with E-state index in [4.69, 9.17) is 16.3 Å². The van der Waals surface area contributed by atoms with Gasteiger partial charge in [-0.15, -0.1) is 0 Å². The SMILES string of the molecule is CCn1ncc(NC(=O)c2ccc(Cl)cc2)c(N2CCOCC2)c1=O. The van der Waals surface area contributed by atoms with Crippen molar-refractivity contribution in [2.24, 2.45) is 0 Å². The summed E-state index contributed by atoms with van der Waals surface area (Å²) in [5.74, 6) is -0.318. The number of ether oxygens (including phenoxy) is 1. The Morgan fingerprint density at radius 1 is 1.28 bits per heavy atom. The number of nitrogens with zero attached hydrogens (tertiary/aromatic N) is 3. The van der Waals surface area contributed by atoms with Crippen LogP contribution < -0.4 is 15.8 Å². The second kappa shape index (κ2) is 7.67. The highest BCUT2D eigenvalue weighted by atomic mass is 35.5. The summed E-state index contributed by atoms with van der Waals surface area (Å²) in [4.78, 5) is 27.2. The molecule has 25 heavy (non-hydrogen) atoms. The number of aromatic nitrogens is 2. The zero-order valence-electron chi connectivity index (χ0n) is 13.9. The Hall–Kier alpha value is -2.38. The molecule has 1 saturated heterocycles. The molecule has 1 amide bonds. The van der Waals surface area contributed by atoms with Gasteiger partial charge >= 0.3 is 0 Å². The Morgan fingerprint density at radius 2 is 1.96 bits per heavy atom. The number of carbonyl (C=O) groups is 1. The molecule has 0 saturated carbocycles.